The van der Waals surface area contributed by atoms with E-state index in [1.165, 1.54) is 26.1 Å². The first kappa shape index (κ1) is 9.92. The zero-order chi connectivity index (χ0) is 7.82. The van der Waals surface area contributed by atoms with Crippen LogP contribution >= 0.6 is 0 Å². The molecule has 0 radical (unpaired) electrons. The molecule has 0 spiro atoms. The van der Waals surface area contributed by atoms with Crippen LogP contribution in [0.15, 0.2) is 0 Å². The molecule has 0 amide bonds. The second-order valence-electron chi connectivity index (χ2n) is 2.42. The summed E-state index contributed by atoms with van der Waals surface area (Å²) >= 11 is 0. The highest BCUT2D eigenvalue weighted by Gasteiger charge is 2.14. The van der Waals surface area contributed by atoms with Crippen molar-refractivity contribution in [2.24, 2.45) is 5.92 Å². The van der Waals surface area contributed by atoms with Gasteiger partial charge in [0.05, 0.1) is 0 Å². The van der Waals surface area contributed by atoms with Gasteiger partial charge in [0.25, 0.3) is 0 Å². The minimum atomic E-state index is 0.961. The summed E-state index contributed by atoms with van der Waals surface area (Å²) in [6.07, 6.45) is 1.34. The predicted molar refractivity (Wildman–Crippen MR) is 46.3 cm³/mol. The Morgan fingerprint density at radius 3 is 2.30 bits per heavy atom. The molecule has 2 nitrogen and oxygen atoms in total. The van der Waals surface area contributed by atoms with Crippen molar-refractivity contribution in [2.75, 3.05) is 26.7 Å². The lowest BCUT2D eigenvalue weighted by atomic mass is 10.00. The lowest BCUT2D eigenvalue weighted by Gasteiger charge is -2.26. The maximum absolute atomic E-state index is 3.24. The Bertz CT molecular complexity index is 60.3. The van der Waals surface area contributed by atoms with Gasteiger partial charge in [0, 0.05) is 0 Å². The van der Waals surface area contributed by atoms with Crippen LogP contribution in [-0.2, 0) is 0 Å². The van der Waals surface area contributed by atoms with Gasteiger partial charge in [-0.2, -0.15) is 0 Å². The van der Waals surface area contributed by atoms with Crippen LogP contribution in [0.4, 0.5) is 0 Å². The molecule has 2 N–H and O–H groups in total. The van der Waals surface area contributed by atoms with E-state index in [9.17, 15) is 0 Å². The van der Waals surface area contributed by atoms with Gasteiger partial charge in [-0.05, 0) is 39.0 Å². The molecule has 1 heterocycles. The Balaban J connectivity index is 0.000000371. The maximum atomic E-state index is 3.24. The van der Waals surface area contributed by atoms with Crippen LogP contribution < -0.4 is 10.6 Å². The van der Waals surface area contributed by atoms with Crippen molar-refractivity contribution in [3.8, 4) is 0 Å². The first-order valence-electron chi connectivity index (χ1n) is 4.29. The van der Waals surface area contributed by atoms with Gasteiger partial charge >= 0.3 is 0 Å². The average molecular weight is 144 g/mol. The van der Waals surface area contributed by atoms with Crippen molar-refractivity contribution >= 4 is 0 Å². The normalized spacial score (nSPS) is 17.1. The fourth-order valence-corrected chi connectivity index (χ4v) is 0.901. The van der Waals surface area contributed by atoms with Crippen molar-refractivity contribution in [3.05, 3.63) is 0 Å². The standard InChI is InChI=1S/C6H14N2.C2H6/c1-7-3-2-6-4-8-5-6;1-2/h6-8H,2-5H2,1H3;1-2H3. The Hall–Kier alpha value is -0.0800. The Labute approximate surface area is 64.4 Å². The third-order valence-electron chi connectivity index (χ3n) is 1.67. The summed E-state index contributed by atoms with van der Waals surface area (Å²) in [7, 11) is 2.01. The molecule has 0 saturated carbocycles. The quantitative estimate of drug-likeness (QED) is 0.613. The molecule has 1 aliphatic heterocycles. The molecule has 1 aliphatic rings. The molecule has 1 saturated heterocycles. The van der Waals surface area contributed by atoms with Crippen molar-refractivity contribution in [3.63, 3.8) is 0 Å². The highest BCUT2D eigenvalue weighted by atomic mass is 14.9. The lowest BCUT2D eigenvalue weighted by Crippen LogP contribution is -2.42. The zero-order valence-corrected chi connectivity index (χ0v) is 7.41. The minimum Gasteiger partial charge on any atom is -0.320 e. The molecule has 0 bridgehead atoms. The molecule has 0 aromatic carbocycles. The molecular formula is C8H20N2. The number of nitrogens with one attached hydrogen (secondary N) is 2. The van der Waals surface area contributed by atoms with Gasteiger partial charge in [0.15, 0.2) is 0 Å². The van der Waals surface area contributed by atoms with Crippen molar-refractivity contribution in [1.29, 1.82) is 0 Å². The van der Waals surface area contributed by atoms with E-state index in [4.69, 9.17) is 0 Å². The van der Waals surface area contributed by atoms with E-state index in [-0.39, 0.29) is 0 Å². The molecule has 0 aliphatic carbocycles. The second-order valence-corrected chi connectivity index (χ2v) is 2.42. The third kappa shape index (κ3) is 3.85. The summed E-state index contributed by atoms with van der Waals surface area (Å²) in [5, 5.41) is 6.38. The lowest BCUT2D eigenvalue weighted by molar-refractivity contribution is 0.325. The zero-order valence-electron chi connectivity index (χ0n) is 7.41. The van der Waals surface area contributed by atoms with Gasteiger partial charge < -0.3 is 10.6 Å². The van der Waals surface area contributed by atoms with E-state index in [1.807, 2.05) is 20.9 Å². The Kier molecular flexibility index (Phi) is 6.98. The van der Waals surface area contributed by atoms with Gasteiger partial charge in [0.2, 0.25) is 0 Å². The first-order valence-corrected chi connectivity index (χ1v) is 4.29. The summed E-state index contributed by atoms with van der Waals surface area (Å²) in [5.41, 5.74) is 0. The fourth-order valence-electron chi connectivity index (χ4n) is 0.901. The second kappa shape index (κ2) is 7.03. The van der Waals surface area contributed by atoms with Gasteiger partial charge in [-0.3, -0.25) is 0 Å². The summed E-state index contributed by atoms with van der Waals surface area (Å²) in [5.74, 6) is 0.961. The van der Waals surface area contributed by atoms with E-state index in [0.29, 0.717) is 0 Å². The van der Waals surface area contributed by atoms with Crippen molar-refractivity contribution < 1.29 is 0 Å². The molecule has 0 aromatic rings. The predicted octanol–water partition coefficient (Wildman–Crippen LogP) is 0.842. The Morgan fingerprint density at radius 1 is 1.40 bits per heavy atom. The van der Waals surface area contributed by atoms with Crippen LogP contribution in [0.2, 0.25) is 0 Å². The van der Waals surface area contributed by atoms with Crippen molar-refractivity contribution in [2.45, 2.75) is 20.3 Å². The summed E-state index contributed by atoms with van der Waals surface area (Å²) in [6.45, 7) is 7.65. The van der Waals surface area contributed by atoms with Crippen LogP contribution in [0, 0.1) is 5.92 Å². The van der Waals surface area contributed by atoms with Crippen LogP contribution in [0.3, 0.4) is 0 Å². The van der Waals surface area contributed by atoms with Gasteiger partial charge in [-0.1, -0.05) is 13.8 Å². The van der Waals surface area contributed by atoms with Gasteiger partial charge in [-0.25, -0.2) is 0 Å². The van der Waals surface area contributed by atoms with Crippen molar-refractivity contribution in [1.82, 2.24) is 10.6 Å². The fraction of sp³-hybridized carbons (Fsp3) is 1.00. The van der Waals surface area contributed by atoms with E-state index in [1.54, 1.807) is 0 Å². The van der Waals surface area contributed by atoms with E-state index in [0.717, 1.165) is 5.92 Å². The van der Waals surface area contributed by atoms with Crippen LogP contribution in [0.5, 0.6) is 0 Å². The SMILES string of the molecule is CC.CNCCC1CNC1. The third-order valence-corrected chi connectivity index (χ3v) is 1.67. The smallest absolute Gasteiger partial charge is 0.000778 e. The highest BCUT2D eigenvalue weighted by molar-refractivity contribution is 4.74. The molecule has 0 unspecified atom stereocenters. The molecule has 62 valence electrons. The van der Waals surface area contributed by atoms with E-state index in [2.05, 4.69) is 10.6 Å². The molecule has 1 rings (SSSR count). The molecule has 10 heavy (non-hydrogen) atoms. The minimum absolute atomic E-state index is 0.961. The maximum Gasteiger partial charge on any atom is -0.000778 e. The summed E-state index contributed by atoms with van der Waals surface area (Å²) in [6, 6.07) is 0. The molecular weight excluding hydrogens is 124 g/mol. The largest absolute Gasteiger partial charge is 0.320 e. The molecule has 2 heteroatoms. The molecule has 0 atom stereocenters. The first-order chi connectivity index (χ1) is 4.93. The molecule has 0 aromatic heterocycles. The highest BCUT2D eigenvalue weighted by Crippen LogP contribution is 2.05. The number of rotatable bonds is 3. The molecule has 1 fully saturated rings. The number of hydrogen-bond acceptors (Lipinski definition) is 2. The van der Waals surface area contributed by atoms with Crippen LogP contribution in [0.1, 0.15) is 20.3 Å². The monoisotopic (exact) mass is 144 g/mol. The van der Waals surface area contributed by atoms with Gasteiger partial charge in [-0.15, -0.1) is 0 Å². The summed E-state index contributed by atoms with van der Waals surface area (Å²) in [4.78, 5) is 0. The van der Waals surface area contributed by atoms with Crippen LogP contribution in [0.25, 0.3) is 0 Å². The van der Waals surface area contributed by atoms with E-state index >= 15 is 0 Å². The topological polar surface area (TPSA) is 24.1 Å². The Morgan fingerprint density at radius 2 is 2.00 bits per heavy atom. The number of hydrogen-bond donors (Lipinski definition) is 2. The summed E-state index contributed by atoms with van der Waals surface area (Å²) < 4.78 is 0. The van der Waals surface area contributed by atoms with E-state index < -0.39 is 0 Å². The van der Waals surface area contributed by atoms with Crippen LogP contribution in [-0.4, -0.2) is 26.7 Å². The van der Waals surface area contributed by atoms with Gasteiger partial charge in [0.1, 0.15) is 0 Å². The average Bonchev–Trinajstić information content (AvgIpc) is 1.90.